The minimum atomic E-state index is -5.08. The summed E-state index contributed by atoms with van der Waals surface area (Å²) in [5.41, 5.74) is 5.33. The highest BCUT2D eigenvalue weighted by Crippen LogP contribution is 2.13. The molecule has 0 aliphatic carbocycles. The molecule has 1 aromatic rings. The third-order valence-corrected chi connectivity index (χ3v) is 2.04. The smallest absolute Gasteiger partial charge is 0.480 e. The van der Waals surface area contributed by atoms with Gasteiger partial charge >= 0.3 is 18.1 Å². The Balaban J connectivity index is 0.000000486. The molecule has 0 fully saturated rings. The van der Waals surface area contributed by atoms with E-state index in [9.17, 15) is 18.0 Å². The maximum atomic E-state index is 10.6. The van der Waals surface area contributed by atoms with Crippen molar-refractivity contribution in [2.45, 2.75) is 25.1 Å². The van der Waals surface area contributed by atoms with E-state index in [1.165, 1.54) is 0 Å². The highest BCUT2D eigenvalue weighted by atomic mass is 19.4. The number of aromatic amines is 1. The van der Waals surface area contributed by atoms with Crippen molar-refractivity contribution >= 4 is 17.9 Å². The van der Waals surface area contributed by atoms with Gasteiger partial charge < -0.3 is 26.2 Å². The van der Waals surface area contributed by atoms with E-state index in [-0.39, 0.29) is 0 Å². The molecule has 1 heterocycles. The van der Waals surface area contributed by atoms with Crippen LogP contribution in [-0.2, 0) is 9.59 Å². The standard InChI is InChI=1S/C8H14N4O2.C2HF3O2/c9-6(7(13)14)2-1-3-10-8-11-4-5-12-8;3-2(4,5)1(6)7/h4-6H,1-3,9H2,(H,13,14)(H2,10,11,12);(H,6,7)/t6-;/m0./s1. The van der Waals surface area contributed by atoms with Gasteiger partial charge in [0.2, 0.25) is 0 Å². The molecule has 21 heavy (non-hydrogen) atoms. The molecule has 0 amide bonds. The van der Waals surface area contributed by atoms with Crippen molar-refractivity contribution in [1.29, 1.82) is 0 Å². The lowest BCUT2D eigenvalue weighted by molar-refractivity contribution is -0.192. The van der Waals surface area contributed by atoms with Gasteiger partial charge in [0.15, 0.2) is 5.95 Å². The first kappa shape index (κ1) is 18.7. The Morgan fingerprint density at radius 3 is 2.38 bits per heavy atom. The van der Waals surface area contributed by atoms with Crippen LogP contribution in [0.3, 0.4) is 0 Å². The number of rotatable bonds is 6. The molecule has 1 rings (SSSR count). The third-order valence-electron chi connectivity index (χ3n) is 2.04. The first-order valence-corrected chi connectivity index (χ1v) is 5.66. The Morgan fingerprint density at radius 2 is 2.00 bits per heavy atom. The quantitative estimate of drug-likeness (QED) is 0.485. The number of carboxylic acids is 2. The van der Waals surface area contributed by atoms with Crippen molar-refractivity contribution in [3.05, 3.63) is 12.4 Å². The minimum absolute atomic E-state index is 0.461. The van der Waals surface area contributed by atoms with Crippen molar-refractivity contribution in [2.24, 2.45) is 5.73 Å². The highest BCUT2D eigenvalue weighted by molar-refractivity contribution is 5.73. The zero-order valence-electron chi connectivity index (χ0n) is 10.7. The summed E-state index contributed by atoms with van der Waals surface area (Å²) >= 11 is 0. The second kappa shape index (κ2) is 8.79. The Morgan fingerprint density at radius 1 is 1.43 bits per heavy atom. The van der Waals surface area contributed by atoms with Crippen LogP contribution in [0, 0.1) is 0 Å². The molecular weight excluding hydrogens is 297 g/mol. The minimum Gasteiger partial charge on any atom is -0.480 e. The molecule has 0 unspecified atom stereocenters. The average molecular weight is 312 g/mol. The van der Waals surface area contributed by atoms with Crippen molar-refractivity contribution in [3.63, 3.8) is 0 Å². The number of carbonyl (C=O) groups is 2. The van der Waals surface area contributed by atoms with Crippen molar-refractivity contribution < 1.29 is 33.0 Å². The topological polar surface area (TPSA) is 141 Å². The Kier molecular flexibility index (Phi) is 7.83. The number of halogens is 3. The number of anilines is 1. The normalized spacial score (nSPS) is 12.0. The van der Waals surface area contributed by atoms with Crippen LogP contribution in [0.25, 0.3) is 0 Å². The van der Waals surface area contributed by atoms with Gasteiger partial charge in [-0.25, -0.2) is 9.78 Å². The van der Waals surface area contributed by atoms with Gasteiger partial charge in [0.25, 0.3) is 0 Å². The predicted molar refractivity (Wildman–Crippen MR) is 65.6 cm³/mol. The van der Waals surface area contributed by atoms with Gasteiger partial charge in [-0.3, -0.25) is 4.79 Å². The van der Waals surface area contributed by atoms with E-state index in [0.29, 0.717) is 25.3 Å². The van der Waals surface area contributed by atoms with E-state index in [1.54, 1.807) is 12.4 Å². The lowest BCUT2D eigenvalue weighted by atomic mass is 10.2. The molecule has 8 nitrogen and oxygen atoms in total. The van der Waals surface area contributed by atoms with Gasteiger partial charge in [0.05, 0.1) is 0 Å². The average Bonchev–Trinajstić information content (AvgIpc) is 2.86. The number of hydrogen-bond acceptors (Lipinski definition) is 5. The molecule has 120 valence electrons. The van der Waals surface area contributed by atoms with Gasteiger partial charge in [-0.1, -0.05) is 0 Å². The summed E-state index contributed by atoms with van der Waals surface area (Å²) in [6, 6.07) is -0.770. The molecule has 0 aliphatic heterocycles. The zero-order valence-corrected chi connectivity index (χ0v) is 10.7. The number of alkyl halides is 3. The van der Waals surface area contributed by atoms with E-state index < -0.39 is 24.2 Å². The van der Waals surface area contributed by atoms with Crippen LogP contribution in [0.4, 0.5) is 19.1 Å². The summed E-state index contributed by atoms with van der Waals surface area (Å²) in [6.07, 6.45) is -0.562. The monoisotopic (exact) mass is 312 g/mol. The van der Waals surface area contributed by atoms with Gasteiger partial charge in [0.1, 0.15) is 6.04 Å². The van der Waals surface area contributed by atoms with Gasteiger partial charge in [-0.05, 0) is 12.8 Å². The molecule has 0 aliphatic rings. The van der Waals surface area contributed by atoms with Gasteiger partial charge in [0, 0.05) is 18.9 Å². The number of imidazole rings is 1. The fraction of sp³-hybridized carbons (Fsp3) is 0.500. The maximum Gasteiger partial charge on any atom is 0.490 e. The Hall–Kier alpha value is -2.30. The number of aliphatic carboxylic acids is 2. The molecule has 0 aromatic carbocycles. The van der Waals surface area contributed by atoms with Gasteiger partial charge in [-0.15, -0.1) is 0 Å². The predicted octanol–water partition coefficient (Wildman–Crippen LogP) is 0.647. The second-order valence-corrected chi connectivity index (χ2v) is 3.75. The number of nitrogens with two attached hydrogens (primary N) is 1. The van der Waals surface area contributed by atoms with E-state index >= 15 is 0 Å². The molecule has 0 saturated carbocycles. The molecule has 6 N–H and O–H groups in total. The fourth-order valence-corrected chi connectivity index (χ4v) is 1.01. The highest BCUT2D eigenvalue weighted by Gasteiger charge is 2.38. The number of aromatic nitrogens is 2. The summed E-state index contributed by atoms with van der Waals surface area (Å²) in [4.78, 5) is 26.1. The molecule has 0 radical (unpaired) electrons. The molecular formula is C10H15F3N4O4. The van der Waals surface area contributed by atoms with E-state index in [2.05, 4.69) is 15.3 Å². The Labute approximate surface area is 117 Å². The summed E-state index contributed by atoms with van der Waals surface area (Å²) in [5, 5.41) is 18.6. The van der Waals surface area contributed by atoms with Crippen LogP contribution >= 0.6 is 0 Å². The van der Waals surface area contributed by atoms with Crippen LogP contribution in [-0.4, -0.2) is 50.9 Å². The molecule has 0 spiro atoms. The first-order valence-electron chi connectivity index (χ1n) is 5.66. The molecule has 0 bridgehead atoms. The summed E-state index contributed by atoms with van der Waals surface area (Å²) < 4.78 is 31.7. The molecule has 1 atom stereocenters. The maximum absolute atomic E-state index is 10.6. The summed E-state index contributed by atoms with van der Waals surface area (Å²) in [5.74, 6) is -3.02. The largest absolute Gasteiger partial charge is 0.490 e. The number of nitrogens with zero attached hydrogens (tertiary/aromatic N) is 1. The summed E-state index contributed by atoms with van der Waals surface area (Å²) in [6.45, 7) is 0.661. The molecule has 1 aromatic heterocycles. The number of nitrogens with one attached hydrogen (secondary N) is 2. The van der Waals surface area contributed by atoms with Gasteiger partial charge in [-0.2, -0.15) is 13.2 Å². The lowest BCUT2D eigenvalue weighted by Gasteiger charge is -2.06. The number of H-pyrrole nitrogens is 1. The Bertz CT molecular complexity index is 436. The van der Waals surface area contributed by atoms with Crippen LogP contribution in [0.15, 0.2) is 12.4 Å². The van der Waals surface area contributed by atoms with Crippen LogP contribution in [0.1, 0.15) is 12.8 Å². The first-order chi connectivity index (χ1) is 9.64. The van der Waals surface area contributed by atoms with Crippen LogP contribution in [0.5, 0.6) is 0 Å². The molecule has 11 heteroatoms. The third kappa shape index (κ3) is 9.27. The van der Waals surface area contributed by atoms with Crippen LogP contribution < -0.4 is 11.1 Å². The fourth-order valence-electron chi connectivity index (χ4n) is 1.01. The second-order valence-electron chi connectivity index (χ2n) is 3.75. The SMILES string of the molecule is N[C@@H](CCCNc1ncc[nH]1)C(=O)O.O=C(O)C(F)(F)F. The lowest BCUT2D eigenvalue weighted by Crippen LogP contribution is -2.30. The van der Waals surface area contributed by atoms with E-state index in [1.807, 2.05) is 0 Å². The molecule has 0 saturated heterocycles. The van der Waals surface area contributed by atoms with Crippen molar-refractivity contribution in [1.82, 2.24) is 9.97 Å². The van der Waals surface area contributed by atoms with Crippen LogP contribution in [0.2, 0.25) is 0 Å². The summed E-state index contributed by atoms with van der Waals surface area (Å²) in [7, 11) is 0. The number of hydrogen-bond donors (Lipinski definition) is 5. The van der Waals surface area contributed by atoms with Crippen molar-refractivity contribution in [2.75, 3.05) is 11.9 Å². The number of carboxylic acid groups (broad SMARTS) is 2. The van der Waals surface area contributed by atoms with E-state index in [4.69, 9.17) is 20.7 Å². The van der Waals surface area contributed by atoms with Crippen molar-refractivity contribution in [3.8, 4) is 0 Å². The zero-order chi connectivity index (χ0) is 16.5. The van der Waals surface area contributed by atoms with E-state index in [0.717, 1.165) is 0 Å².